The number of carbonyl (C=O) groups is 2. The molecular formula is C16H26ClN3O3S. The van der Waals surface area contributed by atoms with Gasteiger partial charge in [0.1, 0.15) is 0 Å². The Morgan fingerprint density at radius 1 is 1.25 bits per heavy atom. The molecule has 1 aromatic carbocycles. The van der Waals surface area contributed by atoms with Crippen LogP contribution in [-0.4, -0.2) is 69.9 Å². The second-order valence-electron chi connectivity index (χ2n) is 4.96. The van der Waals surface area contributed by atoms with Crippen LogP contribution in [0.5, 0.6) is 0 Å². The number of likely N-dealkylation sites (N-methyl/N-ethyl adjacent to an activating group) is 2. The Morgan fingerprint density at radius 2 is 1.96 bits per heavy atom. The number of hydrogen-bond acceptors (Lipinski definition) is 5. The van der Waals surface area contributed by atoms with Crippen LogP contribution in [-0.2, 0) is 9.53 Å². The highest BCUT2D eigenvalue weighted by atomic mass is 35.5. The first-order valence-electron chi connectivity index (χ1n) is 7.47. The molecule has 0 fully saturated rings. The van der Waals surface area contributed by atoms with Gasteiger partial charge in [-0.3, -0.25) is 9.59 Å². The number of rotatable bonds is 10. The minimum Gasteiger partial charge on any atom is -0.383 e. The molecule has 24 heavy (non-hydrogen) atoms. The summed E-state index contributed by atoms with van der Waals surface area (Å²) in [5.41, 5.74) is 0.626. The van der Waals surface area contributed by atoms with Gasteiger partial charge < -0.3 is 20.3 Å². The number of methoxy groups -OCH3 is 1. The molecule has 1 rings (SSSR count). The van der Waals surface area contributed by atoms with Crippen molar-refractivity contribution in [3.63, 3.8) is 0 Å². The SMILES string of the molecule is CNCCN(C)C(=O)c1ccccc1SCC(=O)NCCOC.Cl. The van der Waals surface area contributed by atoms with Gasteiger partial charge in [-0.2, -0.15) is 0 Å². The molecule has 2 amide bonds. The number of benzene rings is 1. The van der Waals surface area contributed by atoms with Crippen LogP contribution in [0.25, 0.3) is 0 Å². The molecule has 2 N–H and O–H groups in total. The van der Waals surface area contributed by atoms with Crippen LogP contribution in [0.3, 0.4) is 0 Å². The number of thioether (sulfide) groups is 1. The molecule has 0 heterocycles. The number of amides is 2. The number of hydrogen-bond donors (Lipinski definition) is 2. The monoisotopic (exact) mass is 375 g/mol. The first kappa shape index (κ1) is 22.7. The van der Waals surface area contributed by atoms with Gasteiger partial charge in [0.15, 0.2) is 0 Å². The van der Waals surface area contributed by atoms with Crippen molar-refractivity contribution in [1.82, 2.24) is 15.5 Å². The summed E-state index contributed by atoms with van der Waals surface area (Å²) < 4.78 is 4.89. The molecule has 0 saturated heterocycles. The first-order chi connectivity index (χ1) is 11.1. The van der Waals surface area contributed by atoms with Crippen molar-refractivity contribution in [3.05, 3.63) is 29.8 Å². The van der Waals surface area contributed by atoms with Crippen LogP contribution in [0.15, 0.2) is 29.2 Å². The Kier molecular flexibility index (Phi) is 12.4. The minimum atomic E-state index is -0.0714. The molecule has 0 aromatic heterocycles. The quantitative estimate of drug-likeness (QED) is 0.476. The Hall–Kier alpha value is -1.28. The summed E-state index contributed by atoms with van der Waals surface area (Å²) in [4.78, 5) is 26.7. The lowest BCUT2D eigenvalue weighted by molar-refractivity contribution is -0.118. The molecular weight excluding hydrogens is 350 g/mol. The number of nitrogens with one attached hydrogen (secondary N) is 2. The number of ether oxygens (including phenoxy) is 1. The highest BCUT2D eigenvalue weighted by Crippen LogP contribution is 2.23. The smallest absolute Gasteiger partial charge is 0.254 e. The van der Waals surface area contributed by atoms with Gasteiger partial charge in [-0.05, 0) is 19.2 Å². The number of carbonyl (C=O) groups excluding carboxylic acids is 2. The maximum Gasteiger partial charge on any atom is 0.254 e. The van der Waals surface area contributed by atoms with Gasteiger partial charge in [0.2, 0.25) is 5.91 Å². The predicted octanol–water partition coefficient (Wildman–Crippen LogP) is 1.25. The fraction of sp³-hybridized carbons (Fsp3) is 0.500. The summed E-state index contributed by atoms with van der Waals surface area (Å²) in [6.07, 6.45) is 0. The van der Waals surface area contributed by atoms with Gasteiger partial charge in [-0.25, -0.2) is 0 Å². The maximum absolute atomic E-state index is 12.5. The van der Waals surface area contributed by atoms with Crippen molar-refractivity contribution in [2.75, 3.05) is 53.2 Å². The molecule has 8 heteroatoms. The van der Waals surface area contributed by atoms with Crippen LogP contribution in [0, 0.1) is 0 Å². The zero-order valence-electron chi connectivity index (χ0n) is 14.3. The van der Waals surface area contributed by atoms with E-state index in [4.69, 9.17) is 4.74 Å². The van der Waals surface area contributed by atoms with Crippen molar-refractivity contribution in [3.8, 4) is 0 Å². The number of halogens is 1. The standard InChI is InChI=1S/C16H25N3O3S.ClH/c1-17-8-10-19(2)16(21)13-6-4-5-7-14(13)23-12-15(20)18-9-11-22-3;/h4-7,17H,8-12H2,1-3H3,(H,18,20);1H. The van der Waals surface area contributed by atoms with Crippen molar-refractivity contribution in [2.24, 2.45) is 0 Å². The van der Waals surface area contributed by atoms with Gasteiger partial charge in [-0.15, -0.1) is 24.2 Å². The normalized spacial score (nSPS) is 9.96. The van der Waals surface area contributed by atoms with Crippen molar-refractivity contribution >= 4 is 36.0 Å². The Morgan fingerprint density at radius 3 is 2.62 bits per heavy atom. The molecule has 0 aliphatic carbocycles. The Bertz CT molecular complexity index is 517. The molecule has 0 radical (unpaired) electrons. The zero-order chi connectivity index (χ0) is 17.1. The van der Waals surface area contributed by atoms with E-state index in [-0.39, 0.29) is 30.0 Å². The lowest BCUT2D eigenvalue weighted by atomic mass is 10.2. The summed E-state index contributed by atoms with van der Waals surface area (Å²) in [5, 5.41) is 5.79. The molecule has 0 atom stereocenters. The fourth-order valence-corrected chi connectivity index (χ4v) is 2.72. The van der Waals surface area contributed by atoms with E-state index in [0.29, 0.717) is 25.3 Å². The van der Waals surface area contributed by atoms with Crippen LogP contribution >= 0.6 is 24.2 Å². The van der Waals surface area contributed by atoms with Crippen LogP contribution in [0.1, 0.15) is 10.4 Å². The molecule has 0 unspecified atom stereocenters. The van der Waals surface area contributed by atoms with E-state index < -0.39 is 0 Å². The topological polar surface area (TPSA) is 70.7 Å². The third-order valence-electron chi connectivity index (χ3n) is 3.15. The molecule has 6 nitrogen and oxygen atoms in total. The van der Waals surface area contributed by atoms with E-state index in [1.807, 2.05) is 25.2 Å². The maximum atomic E-state index is 12.5. The lowest BCUT2D eigenvalue weighted by Crippen LogP contribution is -2.33. The molecule has 0 saturated carbocycles. The molecule has 1 aromatic rings. The first-order valence-corrected chi connectivity index (χ1v) is 8.46. The summed E-state index contributed by atoms with van der Waals surface area (Å²) in [5.74, 6) is 0.162. The van der Waals surface area contributed by atoms with Gasteiger partial charge in [0, 0.05) is 38.7 Å². The van der Waals surface area contributed by atoms with Gasteiger partial charge in [0.05, 0.1) is 17.9 Å². The second kappa shape index (κ2) is 13.1. The zero-order valence-corrected chi connectivity index (χ0v) is 16.0. The van der Waals surface area contributed by atoms with Gasteiger partial charge in [-0.1, -0.05) is 12.1 Å². The Labute approximate surface area is 154 Å². The molecule has 0 spiro atoms. The van der Waals surface area contributed by atoms with E-state index in [2.05, 4.69) is 10.6 Å². The van der Waals surface area contributed by atoms with E-state index in [1.165, 1.54) is 11.8 Å². The van der Waals surface area contributed by atoms with Crippen LogP contribution < -0.4 is 10.6 Å². The largest absolute Gasteiger partial charge is 0.383 e. The average molecular weight is 376 g/mol. The highest BCUT2D eigenvalue weighted by Gasteiger charge is 2.16. The van der Waals surface area contributed by atoms with Crippen molar-refractivity contribution in [1.29, 1.82) is 0 Å². The minimum absolute atomic E-state index is 0. The molecule has 136 valence electrons. The predicted molar refractivity (Wildman–Crippen MR) is 100 cm³/mol. The molecule has 0 aliphatic rings. The summed E-state index contributed by atoms with van der Waals surface area (Å²) in [7, 11) is 5.22. The summed E-state index contributed by atoms with van der Waals surface area (Å²) in [6.45, 7) is 2.34. The van der Waals surface area contributed by atoms with Crippen LogP contribution in [0.4, 0.5) is 0 Å². The fourth-order valence-electron chi connectivity index (χ4n) is 1.84. The van der Waals surface area contributed by atoms with Crippen LogP contribution in [0.2, 0.25) is 0 Å². The lowest BCUT2D eigenvalue weighted by Gasteiger charge is -2.18. The summed E-state index contributed by atoms with van der Waals surface area (Å²) >= 11 is 1.37. The molecule has 0 aliphatic heterocycles. The second-order valence-corrected chi connectivity index (χ2v) is 5.98. The van der Waals surface area contributed by atoms with E-state index >= 15 is 0 Å². The third-order valence-corrected chi connectivity index (χ3v) is 4.22. The highest BCUT2D eigenvalue weighted by molar-refractivity contribution is 8.00. The van der Waals surface area contributed by atoms with E-state index in [9.17, 15) is 9.59 Å². The van der Waals surface area contributed by atoms with E-state index in [0.717, 1.165) is 11.4 Å². The average Bonchev–Trinajstić information content (AvgIpc) is 2.57. The van der Waals surface area contributed by atoms with Crippen molar-refractivity contribution in [2.45, 2.75) is 4.90 Å². The van der Waals surface area contributed by atoms with E-state index in [1.54, 1.807) is 25.1 Å². The third kappa shape index (κ3) is 8.01. The number of nitrogens with zero attached hydrogens (tertiary/aromatic N) is 1. The molecule has 0 bridgehead atoms. The van der Waals surface area contributed by atoms with Gasteiger partial charge in [0.25, 0.3) is 5.91 Å². The Balaban J connectivity index is 0.00000529. The van der Waals surface area contributed by atoms with Crippen molar-refractivity contribution < 1.29 is 14.3 Å². The summed E-state index contributed by atoms with van der Waals surface area (Å²) in [6, 6.07) is 7.37. The van der Waals surface area contributed by atoms with Gasteiger partial charge >= 0.3 is 0 Å².